The Hall–Kier alpha value is -0.820. The Morgan fingerprint density at radius 2 is 2.11 bits per heavy atom. The van der Waals surface area contributed by atoms with Gasteiger partial charge in [0.25, 0.3) is 5.91 Å². The van der Waals surface area contributed by atoms with Crippen molar-refractivity contribution in [1.82, 2.24) is 4.72 Å². The van der Waals surface area contributed by atoms with E-state index in [2.05, 4.69) is 0 Å². The van der Waals surface area contributed by atoms with E-state index < -0.39 is 22.0 Å². The number of nitrogens with one attached hydrogen (secondary N) is 1. The first kappa shape index (κ1) is 17.2. The Balaban J connectivity index is 0.00000289. The van der Waals surface area contributed by atoms with Gasteiger partial charge < -0.3 is 5.73 Å². The van der Waals surface area contributed by atoms with Gasteiger partial charge in [-0.05, 0) is 24.1 Å². The van der Waals surface area contributed by atoms with Crippen LogP contribution < -0.4 is 10.5 Å². The van der Waals surface area contributed by atoms with E-state index in [0.717, 1.165) is 11.8 Å². The minimum Gasteiger partial charge on any atom is -0.320 e. The normalized spacial score (nSPS) is 12.4. The fourth-order valence-corrected chi connectivity index (χ4v) is 2.00. The predicted molar refractivity (Wildman–Crippen MR) is 73.4 cm³/mol. The van der Waals surface area contributed by atoms with Crippen molar-refractivity contribution in [2.75, 3.05) is 6.26 Å². The molecule has 0 radical (unpaired) electrons. The number of halogens is 2. The van der Waals surface area contributed by atoms with Crippen LogP contribution in [0.25, 0.3) is 0 Å². The molecule has 0 saturated heterocycles. The number of amides is 1. The first-order valence-corrected chi connectivity index (χ1v) is 7.06. The van der Waals surface area contributed by atoms with Crippen LogP contribution in [0.1, 0.15) is 5.56 Å². The fraction of sp³-hybridized carbons (Fsp3) is 0.300. The summed E-state index contributed by atoms with van der Waals surface area (Å²) in [4.78, 5) is 11.4. The van der Waals surface area contributed by atoms with Crippen LogP contribution >= 0.6 is 24.0 Å². The zero-order valence-electron chi connectivity index (χ0n) is 9.59. The van der Waals surface area contributed by atoms with Crippen LogP contribution in [0.4, 0.5) is 0 Å². The molecular formula is C10H14Cl2N2O3S. The molecule has 0 aromatic heterocycles. The monoisotopic (exact) mass is 312 g/mol. The molecule has 0 aliphatic heterocycles. The highest BCUT2D eigenvalue weighted by molar-refractivity contribution is 7.89. The van der Waals surface area contributed by atoms with Gasteiger partial charge in [-0.15, -0.1) is 12.4 Å². The van der Waals surface area contributed by atoms with Gasteiger partial charge in [0.2, 0.25) is 10.0 Å². The van der Waals surface area contributed by atoms with E-state index in [-0.39, 0.29) is 18.8 Å². The number of carbonyl (C=O) groups is 1. The molecule has 1 amide bonds. The molecule has 5 nitrogen and oxygen atoms in total. The van der Waals surface area contributed by atoms with E-state index in [1.807, 2.05) is 4.72 Å². The number of hydrogen-bond donors (Lipinski definition) is 2. The van der Waals surface area contributed by atoms with Crippen LogP contribution in [-0.4, -0.2) is 26.6 Å². The Morgan fingerprint density at radius 3 is 2.61 bits per heavy atom. The Kier molecular flexibility index (Phi) is 6.62. The van der Waals surface area contributed by atoms with E-state index >= 15 is 0 Å². The molecule has 0 aliphatic rings. The zero-order valence-corrected chi connectivity index (χ0v) is 12.0. The maximum Gasteiger partial charge on any atom is 0.250 e. The number of hydrogen-bond acceptors (Lipinski definition) is 4. The second-order valence-corrected chi connectivity index (χ2v) is 5.86. The molecule has 1 rings (SSSR count). The second kappa shape index (κ2) is 6.94. The quantitative estimate of drug-likeness (QED) is 0.856. The summed E-state index contributed by atoms with van der Waals surface area (Å²) < 4.78 is 23.5. The standard InChI is InChI=1S/C10H13ClN2O3S.ClH/c1-17(15,16)13-10(14)9(12)6-7-3-2-4-8(11)5-7;/h2-5,9H,6,12H2,1H3,(H,13,14);1H/t9-;/m0./s1. The molecule has 0 aliphatic carbocycles. The summed E-state index contributed by atoms with van der Waals surface area (Å²) in [6.07, 6.45) is 1.12. The minimum absolute atomic E-state index is 0. The van der Waals surface area contributed by atoms with Crippen molar-refractivity contribution in [2.45, 2.75) is 12.5 Å². The molecule has 1 aromatic rings. The van der Waals surface area contributed by atoms with Gasteiger partial charge in [0.15, 0.2) is 0 Å². The van der Waals surface area contributed by atoms with E-state index in [0.29, 0.717) is 5.02 Å². The zero-order chi connectivity index (χ0) is 13.1. The van der Waals surface area contributed by atoms with Crippen molar-refractivity contribution < 1.29 is 13.2 Å². The second-order valence-electron chi connectivity index (χ2n) is 3.68. The van der Waals surface area contributed by atoms with E-state index in [1.54, 1.807) is 24.3 Å². The molecule has 0 bridgehead atoms. The van der Waals surface area contributed by atoms with Crippen LogP contribution in [0.2, 0.25) is 5.02 Å². The summed E-state index contributed by atoms with van der Waals surface area (Å²) in [5.41, 5.74) is 6.36. The molecule has 0 heterocycles. The van der Waals surface area contributed by atoms with Gasteiger partial charge in [-0.3, -0.25) is 9.52 Å². The van der Waals surface area contributed by atoms with Crippen LogP contribution in [0.3, 0.4) is 0 Å². The molecule has 1 aromatic carbocycles. The first-order valence-electron chi connectivity index (χ1n) is 4.79. The molecule has 0 unspecified atom stereocenters. The van der Waals surface area contributed by atoms with Gasteiger partial charge >= 0.3 is 0 Å². The fourth-order valence-electron chi connectivity index (χ4n) is 1.27. The topological polar surface area (TPSA) is 89.3 Å². The maximum absolute atomic E-state index is 11.4. The first-order chi connectivity index (χ1) is 7.78. The third-order valence-electron chi connectivity index (χ3n) is 1.97. The highest BCUT2D eigenvalue weighted by Crippen LogP contribution is 2.11. The largest absolute Gasteiger partial charge is 0.320 e. The molecule has 18 heavy (non-hydrogen) atoms. The van der Waals surface area contributed by atoms with Gasteiger partial charge in [0.1, 0.15) is 0 Å². The van der Waals surface area contributed by atoms with E-state index in [9.17, 15) is 13.2 Å². The lowest BCUT2D eigenvalue weighted by atomic mass is 10.1. The van der Waals surface area contributed by atoms with Crippen molar-refractivity contribution in [2.24, 2.45) is 5.73 Å². The molecule has 0 saturated carbocycles. The van der Waals surface area contributed by atoms with Crippen LogP contribution in [0.15, 0.2) is 24.3 Å². The van der Waals surface area contributed by atoms with Gasteiger partial charge in [-0.1, -0.05) is 23.7 Å². The number of nitrogens with two attached hydrogens (primary N) is 1. The van der Waals surface area contributed by atoms with Gasteiger partial charge in [0, 0.05) is 5.02 Å². The SMILES string of the molecule is CS(=O)(=O)NC(=O)[C@@H](N)Cc1cccc(Cl)c1.Cl. The predicted octanol–water partition coefficient (Wildman–Crippen LogP) is 0.707. The van der Waals surface area contributed by atoms with Crippen molar-refractivity contribution in [3.63, 3.8) is 0 Å². The Labute approximate surface area is 117 Å². The van der Waals surface area contributed by atoms with Crippen molar-refractivity contribution in [3.8, 4) is 0 Å². The van der Waals surface area contributed by atoms with Crippen molar-refractivity contribution >= 4 is 39.9 Å². The van der Waals surface area contributed by atoms with Crippen molar-refractivity contribution in [1.29, 1.82) is 0 Å². The van der Waals surface area contributed by atoms with Gasteiger partial charge in [-0.25, -0.2) is 8.42 Å². The smallest absolute Gasteiger partial charge is 0.250 e. The van der Waals surface area contributed by atoms with Crippen LogP contribution in [0, 0.1) is 0 Å². The van der Waals surface area contributed by atoms with Crippen LogP contribution in [-0.2, 0) is 21.2 Å². The van der Waals surface area contributed by atoms with Gasteiger partial charge in [0.05, 0.1) is 12.3 Å². The lowest BCUT2D eigenvalue weighted by Crippen LogP contribution is -2.44. The third-order valence-corrected chi connectivity index (χ3v) is 2.77. The minimum atomic E-state index is -3.57. The molecule has 0 fully saturated rings. The number of carbonyl (C=O) groups excluding carboxylic acids is 1. The third kappa shape index (κ3) is 6.20. The molecule has 0 spiro atoms. The summed E-state index contributed by atoms with van der Waals surface area (Å²) in [6, 6.07) is 5.95. The van der Waals surface area contributed by atoms with Crippen molar-refractivity contribution in [3.05, 3.63) is 34.9 Å². The van der Waals surface area contributed by atoms with E-state index in [1.165, 1.54) is 0 Å². The number of rotatable bonds is 4. The molecule has 3 N–H and O–H groups in total. The summed E-state index contributed by atoms with van der Waals surface area (Å²) in [6.45, 7) is 0. The summed E-state index contributed by atoms with van der Waals surface area (Å²) in [5.74, 6) is -0.729. The van der Waals surface area contributed by atoms with Crippen LogP contribution in [0.5, 0.6) is 0 Å². The average molecular weight is 313 g/mol. The lowest BCUT2D eigenvalue weighted by molar-refractivity contribution is -0.120. The number of benzene rings is 1. The van der Waals surface area contributed by atoms with Gasteiger partial charge in [-0.2, -0.15) is 0 Å². The average Bonchev–Trinajstić information content (AvgIpc) is 2.14. The van der Waals surface area contributed by atoms with E-state index in [4.69, 9.17) is 17.3 Å². The molecular weight excluding hydrogens is 299 g/mol. The molecule has 1 atom stereocenters. The number of sulfonamides is 1. The Morgan fingerprint density at radius 1 is 1.50 bits per heavy atom. The highest BCUT2D eigenvalue weighted by atomic mass is 35.5. The summed E-state index contributed by atoms with van der Waals surface area (Å²) >= 11 is 5.78. The maximum atomic E-state index is 11.4. The summed E-state index contributed by atoms with van der Waals surface area (Å²) in [5, 5.41) is 0.540. The Bertz CT molecular complexity index is 520. The highest BCUT2D eigenvalue weighted by Gasteiger charge is 2.17. The molecule has 8 heteroatoms. The summed E-state index contributed by atoms with van der Waals surface area (Å²) in [7, 11) is -3.57. The molecule has 102 valence electrons. The lowest BCUT2D eigenvalue weighted by Gasteiger charge is -2.11.